The monoisotopic (exact) mass is 294 g/mol. The van der Waals surface area contributed by atoms with Gasteiger partial charge in [0.1, 0.15) is 0 Å². The highest BCUT2D eigenvalue weighted by atomic mass is 16.5. The molecule has 0 radical (unpaired) electrons. The van der Waals surface area contributed by atoms with E-state index in [1.165, 1.54) is 0 Å². The summed E-state index contributed by atoms with van der Waals surface area (Å²) in [6, 6.07) is 0. The highest BCUT2D eigenvalue weighted by Crippen LogP contribution is 1.91. The van der Waals surface area contributed by atoms with Gasteiger partial charge in [-0.25, -0.2) is 40.0 Å². The molecule has 0 fully saturated rings. The number of amides is 4. The summed E-state index contributed by atoms with van der Waals surface area (Å²) in [4.78, 5) is 43.3. The Balaban J connectivity index is 4.55. The predicted molar refractivity (Wildman–Crippen MR) is 60.5 cm³/mol. The minimum atomic E-state index is -1.54. The molecule has 20 heavy (non-hydrogen) atoms. The zero-order valence-corrected chi connectivity index (χ0v) is 10.7. The van der Waals surface area contributed by atoms with E-state index < -0.39 is 37.5 Å². The fourth-order valence-electron chi connectivity index (χ4n) is 0.910. The van der Waals surface area contributed by atoms with Gasteiger partial charge in [0.15, 0.2) is 0 Å². The number of nitrogens with one attached hydrogen (secondary N) is 2. The lowest BCUT2D eigenvalue weighted by Crippen LogP contribution is -2.53. The fraction of sp³-hybridized carbons (Fsp3) is 0.500. The van der Waals surface area contributed by atoms with E-state index in [2.05, 4.69) is 9.47 Å². The minimum absolute atomic E-state index is 0.390. The van der Waals surface area contributed by atoms with Gasteiger partial charge >= 0.3 is 24.4 Å². The van der Waals surface area contributed by atoms with Crippen molar-refractivity contribution in [1.82, 2.24) is 20.9 Å². The average Bonchev–Trinajstić information content (AvgIpc) is 2.40. The number of hydrogen-bond donors (Lipinski definition) is 4. The average molecular weight is 294 g/mol. The van der Waals surface area contributed by atoms with Crippen LogP contribution in [0.3, 0.4) is 0 Å². The van der Waals surface area contributed by atoms with Crippen LogP contribution in [-0.4, -0.2) is 71.9 Å². The molecule has 0 unspecified atom stereocenters. The number of nitrogens with zero attached hydrogens (tertiary/aromatic N) is 2. The molecule has 0 aromatic rings. The van der Waals surface area contributed by atoms with Crippen molar-refractivity contribution < 1.29 is 38.9 Å². The van der Waals surface area contributed by atoms with Crippen molar-refractivity contribution >= 4 is 24.4 Å². The molecule has 0 rings (SSSR count). The topological polar surface area (TPSA) is 158 Å². The summed E-state index contributed by atoms with van der Waals surface area (Å²) in [5.41, 5.74) is 3.67. The number of rotatable bonds is 3. The first-order valence-electron chi connectivity index (χ1n) is 5.02. The van der Waals surface area contributed by atoms with Crippen LogP contribution in [0.1, 0.15) is 0 Å². The van der Waals surface area contributed by atoms with Crippen LogP contribution in [-0.2, 0) is 9.47 Å². The van der Waals surface area contributed by atoms with Crippen LogP contribution in [0, 0.1) is 0 Å². The summed E-state index contributed by atoms with van der Waals surface area (Å²) in [5, 5.41) is 18.3. The molecule has 0 saturated heterocycles. The molecule has 4 N–H and O–H groups in total. The number of carboxylic acid groups (broad SMARTS) is 2. The SMILES string of the molecule is COC(=O)NN(CCN(NC(=O)OC)C(=O)O)C(=O)O. The quantitative estimate of drug-likeness (QED) is 0.506. The molecule has 0 aromatic carbocycles. The first kappa shape index (κ1) is 17.1. The van der Waals surface area contributed by atoms with Crippen molar-refractivity contribution in [2.24, 2.45) is 0 Å². The Morgan fingerprint density at radius 3 is 1.35 bits per heavy atom. The lowest BCUT2D eigenvalue weighted by atomic mass is 10.6. The van der Waals surface area contributed by atoms with Gasteiger partial charge in [-0.3, -0.25) is 0 Å². The molecule has 0 aliphatic heterocycles. The maximum atomic E-state index is 10.9. The molecule has 0 aliphatic carbocycles. The third-order valence-corrected chi connectivity index (χ3v) is 1.83. The number of carbonyl (C=O) groups is 4. The van der Waals surface area contributed by atoms with Crippen LogP contribution >= 0.6 is 0 Å². The largest absolute Gasteiger partial charge is 0.464 e. The van der Waals surface area contributed by atoms with Gasteiger partial charge < -0.3 is 19.7 Å². The molecular weight excluding hydrogens is 280 g/mol. The molecular formula is C8H14N4O8. The van der Waals surface area contributed by atoms with Gasteiger partial charge in [0.25, 0.3) is 0 Å². The van der Waals surface area contributed by atoms with E-state index in [1.807, 2.05) is 10.9 Å². The van der Waals surface area contributed by atoms with E-state index in [0.29, 0.717) is 10.0 Å². The first-order valence-corrected chi connectivity index (χ1v) is 5.02. The smallest absolute Gasteiger partial charge is 0.426 e. The van der Waals surface area contributed by atoms with Crippen LogP contribution in [0.4, 0.5) is 19.2 Å². The second-order valence-electron chi connectivity index (χ2n) is 3.08. The van der Waals surface area contributed by atoms with Gasteiger partial charge in [-0.2, -0.15) is 0 Å². The second-order valence-corrected chi connectivity index (χ2v) is 3.08. The molecule has 0 saturated carbocycles. The Bertz CT molecular complexity index is 351. The van der Waals surface area contributed by atoms with Crippen LogP contribution < -0.4 is 10.9 Å². The Morgan fingerprint density at radius 2 is 1.15 bits per heavy atom. The first-order chi connectivity index (χ1) is 9.31. The molecule has 0 heterocycles. The van der Waals surface area contributed by atoms with Gasteiger partial charge in [-0.05, 0) is 0 Å². The molecule has 4 amide bonds. The van der Waals surface area contributed by atoms with Gasteiger partial charge in [0.2, 0.25) is 0 Å². The Morgan fingerprint density at radius 1 is 0.850 bits per heavy atom. The fourth-order valence-corrected chi connectivity index (χ4v) is 0.910. The standard InChI is InChI=1S/C8H14N4O8/c1-19-5(13)9-11(7(15)16)3-4-12(8(17)18)10-6(14)20-2/h3-4H2,1-2H3,(H,9,13)(H,10,14)(H,15,16)(H,17,18). The van der Waals surface area contributed by atoms with Crippen LogP contribution in [0.25, 0.3) is 0 Å². The van der Waals surface area contributed by atoms with Crippen molar-refractivity contribution in [3.05, 3.63) is 0 Å². The second kappa shape index (κ2) is 8.23. The van der Waals surface area contributed by atoms with E-state index in [0.717, 1.165) is 14.2 Å². The van der Waals surface area contributed by atoms with Crippen molar-refractivity contribution in [3.8, 4) is 0 Å². The molecule has 12 nitrogen and oxygen atoms in total. The normalized spacial score (nSPS) is 9.10. The van der Waals surface area contributed by atoms with E-state index in [4.69, 9.17) is 10.2 Å². The number of ether oxygens (including phenoxy) is 2. The van der Waals surface area contributed by atoms with Crippen LogP contribution in [0.2, 0.25) is 0 Å². The van der Waals surface area contributed by atoms with Gasteiger partial charge in [-0.1, -0.05) is 0 Å². The van der Waals surface area contributed by atoms with E-state index in [9.17, 15) is 19.2 Å². The maximum Gasteiger partial charge on any atom is 0.426 e. The van der Waals surface area contributed by atoms with Gasteiger partial charge in [-0.15, -0.1) is 0 Å². The molecule has 0 spiro atoms. The highest BCUT2D eigenvalue weighted by molar-refractivity contribution is 5.73. The molecule has 12 heteroatoms. The summed E-state index contributed by atoms with van der Waals surface area (Å²) in [6.45, 7) is -0.915. The summed E-state index contributed by atoms with van der Waals surface area (Å²) in [7, 11) is 2.05. The Kier molecular flexibility index (Phi) is 7.03. The third-order valence-electron chi connectivity index (χ3n) is 1.83. The maximum absolute atomic E-state index is 10.9. The van der Waals surface area contributed by atoms with Gasteiger partial charge in [0.05, 0.1) is 27.3 Å². The number of carbonyl (C=O) groups excluding carboxylic acids is 2. The molecule has 0 bridgehead atoms. The molecule has 0 aromatic heterocycles. The number of hydrogen-bond acceptors (Lipinski definition) is 6. The van der Waals surface area contributed by atoms with E-state index in [-0.39, 0.29) is 0 Å². The highest BCUT2D eigenvalue weighted by Gasteiger charge is 2.20. The summed E-state index contributed by atoms with van der Waals surface area (Å²) in [6.07, 6.45) is -5.18. The van der Waals surface area contributed by atoms with Crippen molar-refractivity contribution in [3.63, 3.8) is 0 Å². The number of methoxy groups -OCH3 is 2. The minimum Gasteiger partial charge on any atom is -0.464 e. The predicted octanol–water partition coefficient (Wildman–Crippen LogP) is -0.512. The molecule has 0 atom stereocenters. The summed E-state index contributed by atoms with van der Waals surface area (Å²) in [5.74, 6) is 0. The zero-order valence-electron chi connectivity index (χ0n) is 10.7. The van der Waals surface area contributed by atoms with Crippen LogP contribution in [0.5, 0.6) is 0 Å². The van der Waals surface area contributed by atoms with Crippen LogP contribution in [0.15, 0.2) is 0 Å². The van der Waals surface area contributed by atoms with Crippen molar-refractivity contribution in [2.75, 3.05) is 27.3 Å². The molecule has 0 aliphatic rings. The lowest BCUT2D eigenvalue weighted by Gasteiger charge is -2.23. The van der Waals surface area contributed by atoms with E-state index in [1.54, 1.807) is 0 Å². The van der Waals surface area contributed by atoms with Crippen molar-refractivity contribution in [1.29, 1.82) is 0 Å². The summed E-state index contributed by atoms with van der Waals surface area (Å²) < 4.78 is 8.38. The summed E-state index contributed by atoms with van der Waals surface area (Å²) >= 11 is 0. The third kappa shape index (κ3) is 6.13. The molecule has 114 valence electrons. The van der Waals surface area contributed by atoms with Crippen molar-refractivity contribution in [2.45, 2.75) is 0 Å². The van der Waals surface area contributed by atoms with E-state index >= 15 is 0 Å². The Labute approximate surface area is 112 Å². The van der Waals surface area contributed by atoms with Gasteiger partial charge in [0, 0.05) is 0 Å². The zero-order chi connectivity index (χ0) is 15.7. The number of hydrazine groups is 2. The lowest BCUT2D eigenvalue weighted by molar-refractivity contribution is 0.0788. The Hall–Kier alpha value is -2.92.